The van der Waals surface area contributed by atoms with E-state index in [2.05, 4.69) is 15.2 Å². The summed E-state index contributed by atoms with van der Waals surface area (Å²) in [6.45, 7) is -2.66. The Hall–Kier alpha value is -1.99. The van der Waals surface area contributed by atoms with Crippen molar-refractivity contribution in [2.75, 3.05) is 67.1 Å². The molecule has 0 bridgehead atoms. The molecule has 4 aliphatic rings. The van der Waals surface area contributed by atoms with Crippen LogP contribution in [0.4, 0.5) is 0 Å². The van der Waals surface area contributed by atoms with Crippen molar-refractivity contribution in [3.05, 3.63) is 0 Å². The zero-order chi connectivity index (χ0) is 57.8. The molecule has 12 unspecified atom stereocenters. The van der Waals surface area contributed by atoms with Crippen molar-refractivity contribution < 1.29 is 157 Å². The van der Waals surface area contributed by atoms with E-state index >= 15 is 0 Å². The van der Waals surface area contributed by atoms with Gasteiger partial charge in [-0.2, -0.15) is 0 Å². The number of carbonyl (C=O) groups is 2. The Kier molecular flexibility index (Phi) is 27.1. The number of hydrogen-bond donors (Lipinski definition) is 19. The number of carbonyl (C=O) groups excluding carboxylic acids is 2. The number of hydrogen-bond acceptors (Lipinski definition) is 31. The molecule has 4 fully saturated rings. The van der Waals surface area contributed by atoms with Crippen LogP contribution in [0.2, 0.25) is 0 Å². The fourth-order valence-corrected chi connectivity index (χ4v) is 8.98. The van der Waals surface area contributed by atoms with Crippen LogP contribution in [0.15, 0.2) is 0 Å². The molecule has 0 radical (unpaired) electrons. The zero-order valence-electron chi connectivity index (χ0n) is 42.4. The quantitative estimate of drug-likeness (QED) is 0.0244. The Balaban J connectivity index is 1.63. The lowest BCUT2D eigenvalue weighted by Gasteiger charge is -2.49. The summed E-state index contributed by atoms with van der Waals surface area (Å²) in [5.41, 5.74) is 0. The third-order valence-corrected chi connectivity index (χ3v) is 13.4. The van der Waals surface area contributed by atoms with E-state index in [9.17, 15) is 101 Å². The van der Waals surface area contributed by atoms with E-state index in [1.807, 2.05) is 0 Å². The van der Waals surface area contributed by atoms with Gasteiger partial charge >= 0.3 is 7.60 Å². The van der Waals surface area contributed by atoms with Gasteiger partial charge in [0.15, 0.2) is 31.5 Å². The summed E-state index contributed by atoms with van der Waals surface area (Å²) in [6.07, 6.45) is -47.6. The fourth-order valence-electron chi connectivity index (χ4n) is 8.55. The maximum atomic E-state index is 12.6. The molecule has 0 aliphatic carbocycles. The predicted octanol–water partition coefficient (Wildman–Crippen LogP) is -11.4. The van der Waals surface area contributed by atoms with Gasteiger partial charge in [-0.15, -0.1) is 0 Å². The Morgan fingerprint density at radius 1 is 0.558 bits per heavy atom. The lowest BCUT2D eigenvalue weighted by molar-refractivity contribution is -0.360. The third-order valence-electron chi connectivity index (χ3n) is 12.8. The Morgan fingerprint density at radius 2 is 1.09 bits per heavy atom. The van der Waals surface area contributed by atoms with E-state index in [4.69, 9.17) is 52.1 Å². The van der Waals surface area contributed by atoms with Crippen LogP contribution in [-0.2, 0) is 70.8 Å². The first-order valence-electron chi connectivity index (χ1n) is 24.1. The van der Waals surface area contributed by atoms with Gasteiger partial charge in [0.2, 0.25) is 11.8 Å². The van der Waals surface area contributed by atoms with Crippen LogP contribution in [0, 0.1) is 0 Å². The molecular formula is C42H77N2O32P. The molecule has 4 aliphatic heterocycles. The molecule has 4 heterocycles. The van der Waals surface area contributed by atoms with Gasteiger partial charge in [0.25, 0.3) is 0 Å². The maximum absolute atomic E-state index is 12.6. The molecule has 35 heteroatoms. The molecule has 0 aromatic rings. The van der Waals surface area contributed by atoms with Gasteiger partial charge in [-0.25, -0.2) is 0 Å². The smallest absolute Gasteiger partial charge is 0.325 e. The summed E-state index contributed by atoms with van der Waals surface area (Å²) in [5.74, 6) is -1.63. The van der Waals surface area contributed by atoms with Gasteiger partial charge < -0.3 is 154 Å². The highest BCUT2D eigenvalue weighted by molar-refractivity contribution is 7.51. The average molecular weight is 1150 g/mol. The minimum absolute atomic E-state index is 0.303. The molecule has 77 heavy (non-hydrogen) atoms. The number of rotatable bonds is 29. The van der Waals surface area contributed by atoms with Crippen molar-refractivity contribution in [1.29, 1.82) is 0 Å². The number of aliphatic hydroxyl groups excluding tert-OH is 16. The highest BCUT2D eigenvalue weighted by Gasteiger charge is 2.55. The summed E-state index contributed by atoms with van der Waals surface area (Å²) >= 11 is 0. The molecule has 19 N–H and O–H groups in total. The maximum Gasteiger partial charge on any atom is 0.325 e. The van der Waals surface area contributed by atoms with E-state index < -0.39 is 225 Å². The van der Waals surface area contributed by atoms with Crippen molar-refractivity contribution in [1.82, 2.24) is 10.6 Å². The van der Waals surface area contributed by atoms with Crippen LogP contribution >= 0.6 is 7.60 Å². The summed E-state index contributed by atoms with van der Waals surface area (Å²) in [4.78, 5) is 34.5. The standard InChI is InChI=1S/C42H77N2O32P/c1-14(47)43-23-31(58)27(54)21(12-68-38-24(44-15(2)48)36(29(56)19(8-46)71-38)75-42-34(61)32(59)28(55)20(74-42)11-65-3)72-39(23)76-37-30(57)22(13-69-40(66-4)33(60)26(53)16(49)6-7-45)73-41(35(37)62)67-9-17(50)25(52)18(51)10-70-77(5,63)64/h16-42,45-46,49-62H,6-13H2,1-5H3,(H,43,47)(H,44,48)(H,63,64)/t16-,17?,18?,19?,20?,21?,22?,23?,24+,25?,26+,27-,28+,29+,30+,31-,32?,33?,34+,35+,36?,37?,38-,39-,40-,41-,42+/m1/s1. The molecule has 4 saturated heterocycles. The van der Waals surface area contributed by atoms with Gasteiger partial charge in [-0.05, 0) is 6.42 Å². The second kappa shape index (κ2) is 30.9. The van der Waals surface area contributed by atoms with E-state index in [0.29, 0.717) is 0 Å². The lowest BCUT2D eigenvalue weighted by atomic mass is 9.94. The first-order valence-corrected chi connectivity index (χ1v) is 26.2. The highest BCUT2D eigenvalue weighted by atomic mass is 31.2. The first-order chi connectivity index (χ1) is 36.1. The molecule has 0 spiro atoms. The molecular weight excluding hydrogens is 1080 g/mol. The van der Waals surface area contributed by atoms with Crippen molar-refractivity contribution in [3.63, 3.8) is 0 Å². The van der Waals surface area contributed by atoms with Gasteiger partial charge in [0.1, 0.15) is 128 Å². The summed E-state index contributed by atoms with van der Waals surface area (Å²) in [5, 5.41) is 176. The zero-order valence-corrected chi connectivity index (χ0v) is 43.3. The van der Waals surface area contributed by atoms with Gasteiger partial charge in [-0.3, -0.25) is 14.2 Å². The highest BCUT2D eigenvalue weighted by Crippen LogP contribution is 2.37. The minimum Gasteiger partial charge on any atom is -0.396 e. The van der Waals surface area contributed by atoms with Crippen LogP contribution < -0.4 is 10.6 Å². The molecule has 452 valence electrons. The number of aliphatic hydroxyl groups is 16. The molecule has 0 saturated carbocycles. The third kappa shape index (κ3) is 18.3. The summed E-state index contributed by atoms with van der Waals surface area (Å²) in [6, 6.07) is -3.37. The van der Waals surface area contributed by atoms with Gasteiger partial charge in [-0.1, -0.05) is 0 Å². The number of methoxy groups -OCH3 is 2. The first kappa shape index (κ1) is 67.5. The Bertz CT molecular complexity index is 1820. The van der Waals surface area contributed by atoms with E-state index in [0.717, 1.165) is 27.6 Å². The minimum atomic E-state index is -4.16. The van der Waals surface area contributed by atoms with Crippen LogP contribution in [0.25, 0.3) is 0 Å². The number of nitrogens with one attached hydrogen (secondary N) is 2. The van der Waals surface area contributed by atoms with Crippen LogP contribution in [0.5, 0.6) is 0 Å². The number of amides is 2. The summed E-state index contributed by atoms with van der Waals surface area (Å²) in [7, 11) is -1.88. The molecule has 4 rings (SSSR count). The van der Waals surface area contributed by atoms with Crippen molar-refractivity contribution in [2.45, 2.75) is 186 Å². The summed E-state index contributed by atoms with van der Waals surface area (Å²) < 4.78 is 78.3. The van der Waals surface area contributed by atoms with Crippen LogP contribution in [-0.4, -0.2) is 331 Å². The lowest BCUT2D eigenvalue weighted by Crippen LogP contribution is -2.69. The van der Waals surface area contributed by atoms with Crippen LogP contribution in [0.1, 0.15) is 20.3 Å². The molecule has 2 amide bonds. The average Bonchev–Trinajstić information content (AvgIpc) is 3.37. The van der Waals surface area contributed by atoms with Gasteiger partial charge in [0.05, 0.1) is 45.7 Å². The van der Waals surface area contributed by atoms with Crippen molar-refractivity contribution in [2.24, 2.45) is 0 Å². The van der Waals surface area contributed by atoms with E-state index in [-0.39, 0.29) is 13.0 Å². The van der Waals surface area contributed by atoms with Crippen molar-refractivity contribution in [3.8, 4) is 0 Å². The van der Waals surface area contributed by atoms with Crippen molar-refractivity contribution >= 4 is 19.4 Å². The second-order valence-electron chi connectivity index (χ2n) is 18.8. The molecule has 34 nitrogen and oxygen atoms in total. The largest absolute Gasteiger partial charge is 0.396 e. The predicted molar refractivity (Wildman–Crippen MR) is 245 cm³/mol. The van der Waals surface area contributed by atoms with Gasteiger partial charge in [0, 0.05) is 41.3 Å². The molecule has 0 aromatic heterocycles. The van der Waals surface area contributed by atoms with E-state index in [1.165, 1.54) is 7.11 Å². The Labute approximate surface area is 439 Å². The van der Waals surface area contributed by atoms with E-state index in [1.54, 1.807) is 0 Å². The topological polar surface area (TPSA) is 530 Å². The Morgan fingerprint density at radius 3 is 1.68 bits per heavy atom. The molecule has 0 aromatic carbocycles. The number of ether oxygens (including phenoxy) is 11. The second-order valence-corrected chi connectivity index (χ2v) is 20.6. The monoisotopic (exact) mass is 1150 g/mol. The molecule has 28 atom stereocenters. The van der Waals surface area contributed by atoms with Crippen LogP contribution in [0.3, 0.4) is 0 Å². The SMILES string of the molecule is COCC1O[C@@H](OC2[C@@H](O)C(CO)O[C@@H](OCC3O[C@H](OC4[C@@H](O)C(CO[C@@H](OC)C(O)[C@@H](O)[C@H](O)CCO)O[C@@H](OCC(O)C(O)C(O)CO[P@@](C)(=O)O)[C@H]4O)C(NC(C)=O)[C@@H](O)[C@@H]3O)[C@H]2NC(C)=O)[C@@H](O)C(O)[C@H]1O. The fraction of sp³-hybridized carbons (Fsp3) is 0.952. The normalized spacial score (nSPS) is 39.6.